The number of nitrogens with zero attached hydrogens (tertiary/aromatic N) is 1. The zero-order valence-electron chi connectivity index (χ0n) is 10.3. The lowest BCUT2D eigenvalue weighted by molar-refractivity contribution is 0.179. The molecular weight excluding hydrogens is 305 g/mol. The molecule has 0 radical (unpaired) electrons. The molecule has 0 aromatic heterocycles. The molecule has 92 valence electrons. The van der Waals surface area contributed by atoms with Crippen LogP contribution in [-0.2, 0) is 4.74 Å². The molecule has 0 aliphatic carbocycles. The number of hydrogen-bond acceptors (Lipinski definition) is 2. The van der Waals surface area contributed by atoms with Crippen molar-refractivity contribution in [3.8, 4) is 0 Å². The molecule has 2 N–H and O–H groups in total. The Bertz CT molecular complexity index is 174. The van der Waals surface area contributed by atoms with Gasteiger partial charge in [0.25, 0.3) is 0 Å². The largest absolute Gasteiger partial charge is 0.383 e. The van der Waals surface area contributed by atoms with Crippen LogP contribution in [0.3, 0.4) is 0 Å². The van der Waals surface area contributed by atoms with Gasteiger partial charge in [-0.15, -0.1) is 24.0 Å². The summed E-state index contributed by atoms with van der Waals surface area (Å²) in [5, 5.41) is 6.48. The van der Waals surface area contributed by atoms with E-state index in [1.54, 1.807) is 14.2 Å². The highest BCUT2D eigenvalue weighted by atomic mass is 127. The predicted octanol–water partition coefficient (Wildman–Crippen LogP) is 1.46. The number of hydrogen-bond donors (Lipinski definition) is 2. The topological polar surface area (TPSA) is 45.7 Å². The van der Waals surface area contributed by atoms with Crippen LogP contribution < -0.4 is 10.6 Å². The summed E-state index contributed by atoms with van der Waals surface area (Å²) in [4.78, 5) is 4.12. The van der Waals surface area contributed by atoms with Crippen molar-refractivity contribution in [1.82, 2.24) is 10.6 Å². The summed E-state index contributed by atoms with van der Waals surface area (Å²) >= 11 is 0. The minimum atomic E-state index is 0. The molecular formula is C10H24IN3O. The van der Waals surface area contributed by atoms with Gasteiger partial charge in [0.05, 0.1) is 6.61 Å². The minimum absolute atomic E-state index is 0. The summed E-state index contributed by atoms with van der Waals surface area (Å²) in [6.07, 6.45) is 0. The second kappa shape index (κ2) is 10.5. The van der Waals surface area contributed by atoms with Crippen LogP contribution in [0.5, 0.6) is 0 Å². The Hall–Kier alpha value is -0.0400. The van der Waals surface area contributed by atoms with Crippen LogP contribution in [0.1, 0.15) is 20.8 Å². The molecule has 15 heavy (non-hydrogen) atoms. The molecule has 0 spiro atoms. The SMILES string of the molecule is CN=C(NCC(C)C)NC(C)COC.I. The van der Waals surface area contributed by atoms with Gasteiger partial charge in [-0.05, 0) is 12.8 Å². The molecule has 0 aromatic rings. The van der Waals surface area contributed by atoms with E-state index < -0.39 is 0 Å². The van der Waals surface area contributed by atoms with Crippen molar-refractivity contribution in [1.29, 1.82) is 0 Å². The van der Waals surface area contributed by atoms with Crippen molar-refractivity contribution in [2.75, 3.05) is 27.3 Å². The lowest BCUT2D eigenvalue weighted by Gasteiger charge is -2.17. The minimum Gasteiger partial charge on any atom is -0.383 e. The summed E-state index contributed by atoms with van der Waals surface area (Å²) in [7, 11) is 3.47. The van der Waals surface area contributed by atoms with Crippen molar-refractivity contribution in [2.45, 2.75) is 26.8 Å². The summed E-state index contributed by atoms with van der Waals surface area (Å²) in [5.74, 6) is 1.45. The maximum absolute atomic E-state index is 5.03. The second-order valence-electron chi connectivity index (χ2n) is 3.85. The van der Waals surface area contributed by atoms with Gasteiger partial charge in [0.2, 0.25) is 0 Å². The Balaban J connectivity index is 0. The summed E-state index contributed by atoms with van der Waals surface area (Å²) in [5.41, 5.74) is 0. The van der Waals surface area contributed by atoms with Gasteiger partial charge in [-0.3, -0.25) is 4.99 Å². The van der Waals surface area contributed by atoms with Crippen LogP contribution in [0.25, 0.3) is 0 Å². The number of halogens is 1. The zero-order valence-corrected chi connectivity index (χ0v) is 12.7. The van der Waals surface area contributed by atoms with Crippen molar-refractivity contribution in [2.24, 2.45) is 10.9 Å². The average molecular weight is 329 g/mol. The number of aliphatic imine (C=N–C) groups is 1. The smallest absolute Gasteiger partial charge is 0.191 e. The van der Waals surface area contributed by atoms with Crippen molar-refractivity contribution in [3.63, 3.8) is 0 Å². The van der Waals surface area contributed by atoms with Crippen molar-refractivity contribution < 1.29 is 4.74 Å². The van der Waals surface area contributed by atoms with E-state index in [-0.39, 0.29) is 30.0 Å². The molecule has 0 aromatic carbocycles. The third kappa shape index (κ3) is 10.2. The van der Waals surface area contributed by atoms with Crippen LogP contribution in [-0.4, -0.2) is 39.3 Å². The molecule has 1 atom stereocenters. The molecule has 5 heteroatoms. The summed E-state index contributed by atoms with van der Waals surface area (Å²) < 4.78 is 5.03. The van der Waals surface area contributed by atoms with E-state index >= 15 is 0 Å². The molecule has 0 fully saturated rings. The maximum Gasteiger partial charge on any atom is 0.191 e. The fraction of sp³-hybridized carbons (Fsp3) is 0.900. The molecule has 0 bridgehead atoms. The highest BCUT2D eigenvalue weighted by Crippen LogP contribution is 1.88. The van der Waals surface area contributed by atoms with Crippen LogP contribution in [0.15, 0.2) is 4.99 Å². The molecule has 0 heterocycles. The van der Waals surface area contributed by atoms with Gasteiger partial charge in [-0.25, -0.2) is 0 Å². The van der Waals surface area contributed by atoms with Crippen LogP contribution in [0, 0.1) is 5.92 Å². The lowest BCUT2D eigenvalue weighted by atomic mass is 10.2. The van der Waals surface area contributed by atoms with Crippen LogP contribution >= 0.6 is 24.0 Å². The standard InChI is InChI=1S/C10H23N3O.HI/c1-8(2)6-12-10(11-4)13-9(3)7-14-5;/h8-9H,6-7H2,1-5H3,(H2,11,12,13);1H. The first-order valence-electron chi connectivity index (χ1n) is 5.06. The van der Waals surface area contributed by atoms with Crippen LogP contribution in [0.4, 0.5) is 0 Å². The normalized spacial score (nSPS) is 13.3. The number of nitrogens with one attached hydrogen (secondary N) is 2. The fourth-order valence-electron chi connectivity index (χ4n) is 1.02. The molecule has 0 aliphatic heterocycles. The van der Waals surface area contributed by atoms with Gasteiger partial charge < -0.3 is 15.4 Å². The fourth-order valence-corrected chi connectivity index (χ4v) is 1.02. The van der Waals surface area contributed by atoms with E-state index in [0.717, 1.165) is 12.5 Å². The van der Waals surface area contributed by atoms with E-state index in [9.17, 15) is 0 Å². The lowest BCUT2D eigenvalue weighted by Crippen LogP contribution is -2.44. The van der Waals surface area contributed by atoms with E-state index in [0.29, 0.717) is 12.5 Å². The van der Waals surface area contributed by atoms with Crippen LogP contribution in [0.2, 0.25) is 0 Å². The Morgan fingerprint density at radius 1 is 1.33 bits per heavy atom. The molecule has 0 saturated heterocycles. The van der Waals surface area contributed by atoms with Gasteiger partial charge in [0.15, 0.2) is 5.96 Å². The molecule has 0 aliphatic rings. The average Bonchev–Trinajstić information content (AvgIpc) is 2.12. The molecule has 1 unspecified atom stereocenters. The van der Waals surface area contributed by atoms with Gasteiger partial charge in [-0.1, -0.05) is 13.8 Å². The third-order valence-corrected chi connectivity index (χ3v) is 1.70. The van der Waals surface area contributed by atoms with Crippen molar-refractivity contribution >= 4 is 29.9 Å². The Kier molecular flexibility index (Phi) is 12.1. The molecule has 0 amide bonds. The van der Waals surface area contributed by atoms with E-state index in [1.165, 1.54) is 0 Å². The zero-order chi connectivity index (χ0) is 11.0. The molecule has 0 rings (SSSR count). The maximum atomic E-state index is 5.03. The number of rotatable bonds is 5. The number of guanidine groups is 1. The van der Waals surface area contributed by atoms with Gasteiger partial charge in [-0.2, -0.15) is 0 Å². The number of ether oxygens (including phenoxy) is 1. The second-order valence-corrected chi connectivity index (χ2v) is 3.85. The van der Waals surface area contributed by atoms with E-state index in [4.69, 9.17) is 4.74 Å². The van der Waals surface area contributed by atoms with E-state index in [1.807, 2.05) is 0 Å². The Morgan fingerprint density at radius 3 is 2.33 bits per heavy atom. The quantitative estimate of drug-likeness (QED) is 0.456. The first-order valence-corrected chi connectivity index (χ1v) is 5.06. The van der Waals surface area contributed by atoms with Gasteiger partial charge in [0, 0.05) is 26.7 Å². The Morgan fingerprint density at radius 2 is 1.93 bits per heavy atom. The predicted molar refractivity (Wildman–Crippen MR) is 76.1 cm³/mol. The first-order chi connectivity index (χ1) is 6.60. The van der Waals surface area contributed by atoms with E-state index in [2.05, 4.69) is 36.4 Å². The highest BCUT2D eigenvalue weighted by Gasteiger charge is 2.04. The third-order valence-electron chi connectivity index (χ3n) is 1.70. The molecule has 0 saturated carbocycles. The summed E-state index contributed by atoms with van der Waals surface area (Å²) in [6, 6.07) is 0.276. The first kappa shape index (κ1) is 17.4. The molecule has 4 nitrogen and oxygen atoms in total. The van der Waals surface area contributed by atoms with Gasteiger partial charge in [0.1, 0.15) is 0 Å². The number of methoxy groups -OCH3 is 1. The van der Waals surface area contributed by atoms with Crippen molar-refractivity contribution in [3.05, 3.63) is 0 Å². The summed E-state index contributed by atoms with van der Waals surface area (Å²) in [6.45, 7) is 8.01. The monoisotopic (exact) mass is 329 g/mol. The Labute approximate surface area is 110 Å². The highest BCUT2D eigenvalue weighted by molar-refractivity contribution is 14.0. The van der Waals surface area contributed by atoms with Gasteiger partial charge >= 0.3 is 0 Å².